The lowest BCUT2D eigenvalue weighted by Gasteiger charge is -2.11. The summed E-state index contributed by atoms with van der Waals surface area (Å²) in [5.41, 5.74) is 0. The molecule has 0 bridgehead atoms. The van der Waals surface area contributed by atoms with Crippen molar-refractivity contribution in [2.75, 3.05) is 38.2 Å². The molecule has 0 radical (unpaired) electrons. The maximum Gasteiger partial charge on any atom is 0.0611 e. The Labute approximate surface area is 83.2 Å². The van der Waals surface area contributed by atoms with E-state index in [0.29, 0.717) is 0 Å². The first kappa shape index (κ1) is 11.0. The van der Waals surface area contributed by atoms with Crippen molar-refractivity contribution in [2.24, 2.45) is 4.36 Å². The van der Waals surface area contributed by atoms with Gasteiger partial charge in [-0.3, -0.25) is 0 Å². The second kappa shape index (κ2) is 4.96. The molecule has 1 heterocycles. The highest BCUT2D eigenvalue weighted by atomic mass is 32.2. The average Bonchev–Trinajstić information content (AvgIpc) is 2.52. The summed E-state index contributed by atoms with van der Waals surface area (Å²) in [5.74, 6) is 1.67. The molecule has 0 unspecified atom stereocenters. The molecule has 0 amide bonds. The summed E-state index contributed by atoms with van der Waals surface area (Å²) in [6.45, 7) is 4.84. The zero-order valence-electron chi connectivity index (χ0n) is 8.66. The minimum atomic E-state index is -1.76. The van der Waals surface area contributed by atoms with Crippen LogP contribution in [0.15, 0.2) is 4.36 Å². The molecule has 0 spiro atoms. The lowest BCUT2D eigenvalue weighted by molar-refractivity contribution is 0.364. The summed E-state index contributed by atoms with van der Waals surface area (Å²) in [4.78, 5) is 2.20. The highest BCUT2D eigenvalue weighted by molar-refractivity contribution is 7.93. The normalized spacial score (nSPS) is 20.8. The first-order valence-electron chi connectivity index (χ1n) is 5.03. The summed E-state index contributed by atoms with van der Waals surface area (Å²) in [5, 5.41) is 0. The lowest BCUT2D eigenvalue weighted by Crippen LogP contribution is -2.21. The highest BCUT2D eigenvalue weighted by Gasteiger charge is 2.15. The SMILES string of the molecule is CCN(C)CCN=S1(=O)CCCC1.[HH]. The lowest BCUT2D eigenvalue weighted by atomic mass is 10.4. The van der Waals surface area contributed by atoms with Gasteiger partial charge in [0.05, 0.1) is 6.54 Å². The van der Waals surface area contributed by atoms with Gasteiger partial charge in [0.2, 0.25) is 0 Å². The molecule has 3 nitrogen and oxygen atoms in total. The molecule has 0 aromatic rings. The number of nitrogens with zero attached hydrogens (tertiary/aromatic N) is 2. The largest absolute Gasteiger partial charge is 0.305 e. The molecule has 1 fully saturated rings. The predicted octanol–water partition coefficient (Wildman–Crippen LogP) is 1.45. The standard InChI is InChI=1S/C9H20N2OS.H2/c1-3-11(2)7-6-10-13(12)8-4-5-9-13;/h3-9H2,1-2H3;1H. The van der Waals surface area contributed by atoms with Crippen LogP contribution >= 0.6 is 0 Å². The fourth-order valence-electron chi connectivity index (χ4n) is 1.42. The fraction of sp³-hybridized carbons (Fsp3) is 1.00. The van der Waals surface area contributed by atoms with Gasteiger partial charge in [-0.05, 0) is 26.4 Å². The molecule has 0 saturated carbocycles. The highest BCUT2D eigenvalue weighted by Crippen LogP contribution is 2.12. The molecule has 0 aromatic heterocycles. The topological polar surface area (TPSA) is 32.7 Å². The summed E-state index contributed by atoms with van der Waals surface area (Å²) in [6.07, 6.45) is 2.21. The van der Waals surface area contributed by atoms with E-state index in [1.54, 1.807) is 0 Å². The smallest absolute Gasteiger partial charge is 0.0611 e. The van der Waals surface area contributed by atoms with E-state index in [4.69, 9.17) is 0 Å². The van der Waals surface area contributed by atoms with Crippen LogP contribution in [0.3, 0.4) is 0 Å². The van der Waals surface area contributed by atoms with Crippen LogP contribution in [0.5, 0.6) is 0 Å². The molecule has 0 aromatic carbocycles. The third kappa shape index (κ3) is 3.65. The Balaban J connectivity index is 0.00000169. The van der Waals surface area contributed by atoms with E-state index in [9.17, 15) is 4.21 Å². The van der Waals surface area contributed by atoms with Crippen LogP contribution in [0.1, 0.15) is 21.2 Å². The molecule has 13 heavy (non-hydrogen) atoms. The van der Waals surface area contributed by atoms with Gasteiger partial charge in [-0.25, -0.2) is 8.57 Å². The quantitative estimate of drug-likeness (QED) is 0.697. The molecular weight excluding hydrogens is 184 g/mol. The van der Waals surface area contributed by atoms with Gasteiger partial charge >= 0.3 is 0 Å². The molecule has 1 saturated heterocycles. The monoisotopic (exact) mass is 206 g/mol. The zero-order chi connectivity index (χ0) is 9.73. The third-order valence-electron chi connectivity index (χ3n) is 2.52. The van der Waals surface area contributed by atoms with Gasteiger partial charge in [0.1, 0.15) is 0 Å². The molecule has 0 N–H and O–H groups in total. The van der Waals surface area contributed by atoms with E-state index in [2.05, 4.69) is 23.2 Å². The molecule has 80 valence electrons. The number of likely N-dealkylation sites (N-methyl/N-ethyl adjacent to an activating group) is 1. The number of rotatable bonds is 4. The maximum atomic E-state index is 11.9. The van der Waals surface area contributed by atoms with Crippen molar-refractivity contribution >= 4 is 9.73 Å². The zero-order valence-corrected chi connectivity index (χ0v) is 9.48. The molecule has 4 heteroatoms. The first-order chi connectivity index (χ1) is 6.16. The second-order valence-corrected chi connectivity index (χ2v) is 6.26. The maximum absolute atomic E-state index is 11.9. The minimum Gasteiger partial charge on any atom is -0.305 e. The molecule has 0 atom stereocenters. The van der Waals surface area contributed by atoms with Crippen molar-refractivity contribution in [1.82, 2.24) is 4.90 Å². The van der Waals surface area contributed by atoms with E-state index in [-0.39, 0.29) is 1.43 Å². The summed E-state index contributed by atoms with van der Waals surface area (Å²) in [7, 11) is 0.307. The molecule has 1 rings (SSSR count). The van der Waals surface area contributed by atoms with E-state index in [1.807, 2.05) is 0 Å². The predicted molar refractivity (Wildman–Crippen MR) is 59.7 cm³/mol. The van der Waals surface area contributed by atoms with Crippen molar-refractivity contribution in [1.29, 1.82) is 0 Å². The van der Waals surface area contributed by atoms with Gasteiger partial charge in [0.15, 0.2) is 0 Å². The van der Waals surface area contributed by atoms with Crippen LogP contribution in [-0.2, 0) is 9.73 Å². The summed E-state index contributed by atoms with van der Waals surface area (Å²) >= 11 is 0. The van der Waals surface area contributed by atoms with Gasteiger partial charge in [-0.15, -0.1) is 0 Å². The van der Waals surface area contributed by atoms with Crippen molar-refractivity contribution in [3.05, 3.63) is 0 Å². The van der Waals surface area contributed by atoms with E-state index < -0.39 is 9.73 Å². The van der Waals surface area contributed by atoms with Crippen molar-refractivity contribution < 1.29 is 5.64 Å². The van der Waals surface area contributed by atoms with Gasteiger partial charge in [-0.1, -0.05) is 6.92 Å². The fourth-order valence-corrected chi connectivity index (χ4v) is 3.61. The van der Waals surface area contributed by atoms with Crippen LogP contribution in [0.4, 0.5) is 0 Å². The number of hydrogen-bond acceptors (Lipinski definition) is 3. The van der Waals surface area contributed by atoms with Crippen LogP contribution in [0, 0.1) is 0 Å². The molecule has 0 aliphatic carbocycles. The number of hydrogen-bond donors (Lipinski definition) is 0. The van der Waals surface area contributed by atoms with E-state index in [1.165, 1.54) is 0 Å². The van der Waals surface area contributed by atoms with Crippen LogP contribution < -0.4 is 0 Å². The minimum absolute atomic E-state index is 0. The first-order valence-corrected chi connectivity index (χ1v) is 6.88. The van der Waals surface area contributed by atoms with Gasteiger partial charge in [0, 0.05) is 29.2 Å². The van der Waals surface area contributed by atoms with Gasteiger partial charge < -0.3 is 4.90 Å². The Morgan fingerprint density at radius 2 is 2.08 bits per heavy atom. The molecule has 1 aliphatic rings. The van der Waals surface area contributed by atoms with Crippen LogP contribution in [0.2, 0.25) is 0 Å². The van der Waals surface area contributed by atoms with Gasteiger partial charge in [-0.2, -0.15) is 0 Å². The van der Waals surface area contributed by atoms with E-state index >= 15 is 0 Å². The van der Waals surface area contributed by atoms with E-state index in [0.717, 1.165) is 44.0 Å². The molecule has 1 aliphatic heterocycles. The Morgan fingerprint density at radius 3 is 2.62 bits per heavy atom. The molecular formula is C9H22N2OS. The van der Waals surface area contributed by atoms with Crippen molar-refractivity contribution in [3.63, 3.8) is 0 Å². The van der Waals surface area contributed by atoms with Crippen LogP contribution in [0.25, 0.3) is 0 Å². The van der Waals surface area contributed by atoms with Crippen molar-refractivity contribution in [2.45, 2.75) is 19.8 Å². The Morgan fingerprint density at radius 1 is 1.46 bits per heavy atom. The van der Waals surface area contributed by atoms with Crippen molar-refractivity contribution in [3.8, 4) is 0 Å². The Hall–Kier alpha value is -0.0900. The second-order valence-electron chi connectivity index (χ2n) is 3.64. The van der Waals surface area contributed by atoms with Gasteiger partial charge in [0.25, 0.3) is 0 Å². The third-order valence-corrected chi connectivity index (χ3v) is 5.03. The summed E-state index contributed by atoms with van der Waals surface area (Å²) in [6, 6.07) is 0. The summed E-state index contributed by atoms with van der Waals surface area (Å²) < 4.78 is 16.2. The average molecular weight is 206 g/mol. The Bertz CT molecular complexity index is 250. The van der Waals surface area contributed by atoms with Crippen LogP contribution in [-0.4, -0.2) is 47.3 Å². The Kier molecular flexibility index (Phi) is 4.19.